The SMILES string of the molecule is Cc1cccc(N(c2ccccc2)c2ccc3cc4c(cc3c2)oc2cc(C#N)c3oc5cc6cc(N(c7ccccc7)c7cccc(C)c7C)ccc6cc5c3c24)c1C. The molecule has 0 aliphatic heterocycles. The molecule has 0 spiro atoms. The van der Waals surface area contributed by atoms with E-state index < -0.39 is 0 Å². The van der Waals surface area contributed by atoms with E-state index in [9.17, 15) is 5.26 Å². The number of furan rings is 2. The van der Waals surface area contributed by atoms with Gasteiger partial charge in [-0.25, -0.2) is 0 Å². The first kappa shape index (κ1) is 35.4. The first-order valence-corrected chi connectivity index (χ1v) is 20.3. The smallest absolute Gasteiger partial charge is 0.154 e. The van der Waals surface area contributed by atoms with E-state index >= 15 is 0 Å². The third kappa shape index (κ3) is 5.53. The van der Waals surface area contributed by atoms with Crippen LogP contribution in [-0.2, 0) is 0 Å². The molecule has 9 aromatic carbocycles. The summed E-state index contributed by atoms with van der Waals surface area (Å²) in [6.07, 6.45) is 0. The van der Waals surface area contributed by atoms with Gasteiger partial charge in [0.15, 0.2) is 5.58 Å². The summed E-state index contributed by atoms with van der Waals surface area (Å²) < 4.78 is 13.3. The fraction of sp³-hybridized carbons (Fsp3) is 0.0727. The van der Waals surface area contributed by atoms with E-state index in [1.807, 2.05) is 18.2 Å². The molecule has 286 valence electrons. The second kappa shape index (κ2) is 13.7. The van der Waals surface area contributed by atoms with Crippen LogP contribution < -0.4 is 9.80 Å². The van der Waals surface area contributed by atoms with Gasteiger partial charge in [0.1, 0.15) is 22.8 Å². The zero-order valence-corrected chi connectivity index (χ0v) is 33.7. The molecule has 0 aliphatic rings. The molecule has 2 aromatic heterocycles. The zero-order chi connectivity index (χ0) is 40.6. The third-order valence-electron chi connectivity index (χ3n) is 12.4. The molecule has 0 unspecified atom stereocenters. The summed E-state index contributed by atoms with van der Waals surface area (Å²) in [5, 5.41) is 18.5. The summed E-state index contributed by atoms with van der Waals surface area (Å²) in [6, 6.07) is 60.0. The van der Waals surface area contributed by atoms with Crippen molar-refractivity contribution in [3.05, 3.63) is 192 Å². The van der Waals surface area contributed by atoms with Crippen LogP contribution in [0.5, 0.6) is 0 Å². The number of fused-ring (bicyclic) bond motifs is 9. The van der Waals surface area contributed by atoms with Gasteiger partial charge in [-0.2, -0.15) is 5.26 Å². The molecular formula is C55H39N3O2. The lowest BCUT2D eigenvalue weighted by Crippen LogP contribution is -2.11. The number of anilines is 6. The van der Waals surface area contributed by atoms with Crippen molar-refractivity contribution in [3.8, 4) is 6.07 Å². The number of para-hydroxylation sites is 2. The Morgan fingerprint density at radius 3 is 1.43 bits per heavy atom. The number of hydrogen-bond donors (Lipinski definition) is 0. The average molecular weight is 774 g/mol. The Kier molecular flexibility index (Phi) is 8.05. The quantitative estimate of drug-likeness (QED) is 0.168. The fourth-order valence-corrected chi connectivity index (χ4v) is 8.99. The van der Waals surface area contributed by atoms with E-state index in [0.29, 0.717) is 16.7 Å². The van der Waals surface area contributed by atoms with Gasteiger partial charge in [0.2, 0.25) is 0 Å². The van der Waals surface area contributed by atoms with E-state index in [0.717, 1.165) is 88.4 Å². The number of benzene rings is 9. The maximum atomic E-state index is 10.4. The van der Waals surface area contributed by atoms with Gasteiger partial charge >= 0.3 is 0 Å². The first-order chi connectivity index (χ1) is 29.3. The van der Waals surface area contributed by atoms with Crippen molar-refractivity contribution in [1.29, 1.82) is 5.26 Å². The third-order valence-corrected chi connectivity index (χ3v) is 12.4. The summed E-state index contributed by atoms with van der Waals surface area (Å²) in [4.78, 5) is 4.64. The lowest BCUT2D eigenvalue weighted by Gasteiger charge is -2.28. The summed E-state index contributed by atoms with van der Waals surface area (Å²) in [5.41, 5.74) is 14.7. The van der Waals surface area contributed by atoms with E-state index in [-0.39, 0.29) is 0 Å². The standard InChI is InChI=1S/C55H39N3O2/c1-33-13-11-19-48(35(33)3)57(42-15-7-5-8-16-42)44-23-21-37-27-46-50(29-39(37)25-44)59-52-31-41(32-56)55-54(53(46)52)47-28-38-22-24-45(26-40(38)30-51(47)60-55)58(43-17-9-6-10-18-43)49-20-12-14-34(2)36(49)4/h5-31H,1-4H3. The minimum absolute atomic E-state index is 0.446. The highest BCUT2D eigenvalue weighted by atomic mass is 16.3. The largest absolute Gasteiger partial charge is 0.456 e. The number of aryl methyl sites for hydroxylation is 2. The Bertz CT molecular complexity index is 3560. The van der Waals surface area contributed by atoms with Gasteiger partial charge < -0.3 is 18.6 Å². The molecule has 60 heavy (non-hydrogen) atoms. The van der Waals surface area contributed by atoms with Crippen LogP contribution in [0.25, 0.3) is 65.4 Å². The lowest BCUT2D eigenvalue weighted by molar-refractivity contribution is 0.662. The summed E-state index contributed by atoms with van der Waals surface area (Å²) in [5.74, 6) is 0. The van der Waals surface area contributed by atoms with Gasteiger partial charge in [-0.3, -0.25) is 0 Å². The van der Waals surface area contributed by atoms with Gasteiger partial charge in [-0.1, -0.05) is 72.8 Å². The Morgan fingerprint density at radius 1 is 0.417 bits per heavy atom. The maximum absolute atomic E-state index is 10.4. The van der Waals surface area contributed by atoms with Gasteiger partial charge in [-0.05, 0) is 156 Å². The average Bonchev–Trinajstić information content (AvgIpc) is 3.82. The van der Waals surface area contributed by atoms with E-state index in [2.05, 4.69) is 189 Å². The normalized spacial score (nSPS) is 11.7. The molecular weight excluding hydrogens is 735 g/mol. The van der Waals surface area contributed by atoms with Crippen LogP contribution in [0, 0.1) is 39.0 Å². The van der Waals surface area contributed by atoms with Crippen molar-refractivity contribution in [2.75, 3.05) is 9.80 Å². The van der Waals surface area contributed by atoms with Gasteiger partial charge in [0.25, 0.3) is 0 Å². The van der Waals surface area contributed by atoms with Crippen LogP contribution in [0.15, 0.2) is 173 Å². The van der Waals surface area contributed by atoms with E-state index in [4.69, 9.17) is 8.83 Å². The summed E-state index contributed by atoms with van der Waals surface area (Å²) >= 11 is 0. The molecule has 0 fully saturated rings. The molecule has 0 saturated carbocycles. The van der Waals surface area contributed by atoms with Crippen LogP contribution in [0.4, 0.5) is 34.1 Å². The fourth-order valence-electron chi connectivity index (χ4n) is 8.99. The molecule has 5 heteroatoms. The van der Waals surface area contributed by atoms with E-state index in [1.165, 1.54) is 22.3 Å². The highest BCUT2D eigenvalue weighted by molar-refractivity contribution is 6.28. The second-order valence-corrected chi connectivity index (χ2v) is 15.9. The molecule has 11 aromatic rings. The highest BCUT2D eigenvalue weighted by Crippen LogP contribution is 2.46. The van der Waals surface area contributed by atoms with Crippen LogP contribution in [-0.4, -0.2) is 0 Å². The predicted molar refractivity (Wildman–Crippen MR) is 249 cm³/mol. The minimum atomic E-state index is 0.446. The second-order valence-electron chi connectivity index (χ2n) is 15.9. The Morgan fingerprint density at radius 2 is 0.917 bits per heavy atom. The van der Waals surface area contributed by atoms with Crippen LogP contribution in [0.1, 0.15) is 27.8 Å². The molecule has 2 heterocycles. The van der Waals surface area contributed by atoms with E-state index in [1.54, 1.807) is 0 Å². The predicted octanol–water partition coefficient (Wildman–Crippen LogP) is 15.8. The zero-order valence-electron chi connectivity index (χ0n) is 33.7. The van der Waals surface area contributed by atoms with Gasteiger partial charge in [-0.15, -0.1) is 0 Å². The maximum Gasteiger partial charge on any atom is 0.154 e. The molecule has 0 N–H and O–H groups in total. The molecule has 0 amide bonds. The van der Waals surface area contributed by atoms with Crippen LogP contribution in [0.3, 0.4) is 0 Å². The molecule has 0 bridgehead atoms. The van der Waals surface area contributed by atoms with Crippen molar-refractivity contribution >= 4 is 99.5 Å². The van der Waals surface area contributed by atoms with Crippen molar-refractivity contribution in [2.24, 2.45) is 0 Å². The Labute approximate surface area is 347 Å². The molecule has 0 saturated heterocycles. The highest BCUT2D eigenvalue weighted by Gasteiger charge is 2.23. The summed E-state index contributed by atoms with van der Waals surface area (Å²) in [6.45, 7) is 8.68. The molecule has 0 radical (unpaired) electrons. The number of nitriles is 1. The van der Waals surface area contributed by atoms with Gasteiger partial charge in [0, 0.05) is 61.7 Å². The first-order valence-electron chi connectivity index (χ1n) is 20.3. The van der Waals surface area contributed by atoms with Crippen LogP contribution >= 0.6 is 0 Å². The monoisotopic (exact) mass is 773 g/mol. The van der Waals surface area contributed by atoms with Crippen molar-refractivity contribution in [1.82, 2.24) is 0 Å². The molecule has 11 rings (SSSR count). The lowest BCUT2D eigenvalue weighted by atomic mass is 9.99. The van der Waals surface area contributed by atoms with Gasteiger partial charge in [0.05, 0.1) is 5.56 Å². The number of hydrogen-bond acceptors (Lipinski definition) is 5. The Hall–Kier alpha value is -7.81. The number of nitrogens with zero attached hydrogens (tertiary/aromatic N) is 3. The Balaban J connectivity index is 1.08. The van der Waals surface area contributed by atoms with Crippen molar-refractivity contribution in [2.45, 2.75) is 27.7 Å². The van der Waals surface area contributed by atoms with Crippen molar-refractivity contribution < 1.29 is 8.83 Å². The van der Waals surface area contributed by atoms with Crippen molar-refractivity contribution in [3.63, 3.8) is 0 Å². The van der Waals surface area contributed by atoms with Crippen LogP contribution in [0.2, 0.25) is 0 Å². The number of rotatable bonds is 6. The molecule has 5 nitrogen and oxygen atoms in total. The molecule has 0 atom stereocenters. The topological polar surface area (TPSA) is 56.6 Å². The molecule has 0 aliphatic carbocycles. The minimum Gasteiger partial charge on any atom is -0.456 e. The summed E-state index contributed by atoms with van der Waals surface area (Å²) in [7, 11) is 0.